The maximum atomic E-state index is 12.2. The first kappa shape index (κ1) is 20.8. The number of nitro groups is 1. The van der Waals surface area contributed by atoms with Gasteiger partial charge in [0.1, 0.15) is 6.61 Å². The Bertz CT molecular complexity index is 1090. The zero-order valence-electron chi connectivity index (χ0n) is 16.8. The van der Waals surface area contributed by atoms with Crippen molar-refractivity contribution in [2.75, 3.05) is 5.32 Å². The minimum atomic E-state index is -0.492. The van der Waals surface area contributed by atoms with Gasteiger partial charge in [0.25, 0.3) is 0 Å². The Kier molecular flexibility index (Phi) is 6.60. The van der Waals surface area contributed by atoms with Crippen LogP contribution in [-0.4, -0.2) is 10.8 Å². The molecule has 0 atom stereocenters. The molecule has 6 nitrogen and oxygen atoms in total. The lowest BCUT2D eigenvalue weighted by Crippen LogP contribution is -2.09. The fraction of sp³-hybridized carbons (Fsp3) is 0.125. The number of nitrogens with one attached hydrogen (secondary N) is 1. The summed E-state index contributed by atoms with van der Waals surface area (Å²) in [6.07, 6.45) is 2.89. The third-order valence-electron chi connectivity index (χ3n) is 4.49. The van der Waals surface area contributed by atoms with Gasteiger partial charge >= 0.3 is 5.69 Å². The molecule has 0 unspecified atom stereocenters. The first-order chi connectivity index (χ1) is 14.4. The van der Waals surface area contributed by atoms with Crippen molar-refractivity contribution in [3.05, 3.63) is 105 Å². The second-order valence-electron chi connectivity index (χ2n) is 6.90. The normalized spacial score (nSPS) is 10.7. The smallest absolute Gasteiger partial charge is 0.311 e. The number of carbonyl (C=O) groups excluding carboxylic acids is 1. The quantitative estimate of drug-likeness (QED) is 0.324. The summed E-state index contributed by atoms with van der Waals surface area (Å²) in [7, 11) is 0. The number of amides is 1. The third kappa shape index (κ3) is 5.54. The zero-order valence-corrected chi connectivity index (χ0v) is 16.8. The maximum absolute atomic E-state index is 12.2. The van der Waals surface area contributed by atoms with Crippen LogP contribution in [0.5, 0.6) is 5.75 Å². The van der Waals surface area contributed by atoms with Crippen molar-refractivity contribution in [3.8, 4) is 5.75 Å². The average Bonchev–Trinajstić information content (AvgIpc) is 2.74. The molecule has 6 heteroatoms. The SMILES string of the molecule is Cc1ccc(C)c(NC(=O)C=Cc2ccc(OCc3ccccc3)c([N+](=O)[O-])c2)c1. The molecule has 0 bridgehead atoms. The molecule has 3 aromatic carbocycles. The molecule has 3 rings (SSSR count). The molecule has 0 aliphatic heterocycles. The van der Waals surface area contributed by atoms with Gasteiger partial charge in [0.05, 0.1) is 4.92 Å². The Morgan fingerprint density at radius 3 is 2.57 bits per heavy atom. The first-order valence-corrected chi connectivity index (χ1v) is 9.44. The van der Waals surface area contributed by atoms with Gasteiger partial charge in [0.15, 0.2) is 5.75 Å². The van der Waals surface area contributed by atoms with Crippen molar-refractivity contribution >= 4 is 23.4 Å². The lowest BCUT2D eigenvalue weighted by atomic mass is 10.1. The summed E-state index contributed by atoms with van der Waals surface area (Å²) in [5, 5.41) is 14.3. The highest BCUT2D eigenvalue weighted by Gasteiger charge is 2.15. The highest BCUT2D eigenvalue weighted by atomic mass is 16.6. The number of aryl methyl sites for hydroxylation is 2. The van der Waals surface area contributed by atoms with Crippen molar-refractivity contribution in [3.63, 3.8) is 0 Å². The van der Waals surface area contributed by atoms with Crippen LogP contribution >= 0.6 is 0 Å². The van der Waals surface area contributed by atoms with Crippen molar-refractivity contribution in [2.45, 2.75) is 20.5 Å². The van der Waals surface area contributed by atoms with E-state index in [1.165, 1.54) is 18.2 Å². The molecule has 1 N–H and O–H groups in total. The molecular weight excluding hydrogens is 380 g/mol. The van der Waals surface area contributed by atoms with Crippen LogP contribution in [0.1, 0.15) is 22.3 Å². The number of nitro benzene ring substituents is 1. The van der Waals surface area contributed by atoms with E-state index in [1.54, 1.807) is 12.1 Å². The molecule has 0 fully saturated rings. The largest absolute Gasteiger partial charge is 0.482 e. The van der Waals surface area contributed by atoms with Crippen molar-refractivity contribution in [2.24, 2.45) is 0 Å². The predicted molar refractivity (Wildman–Crippen MR) is 117 cm³/mol. The van der Waals surface area contributed by atoms with Crippen LogP contribution in [0.3, 0.4) is 0 Å². The fourth-order valence-electron chi connectivity index (χ4n) is 2.85. The number of ether oxygens (including phenoxy) is 1. The van der Waals surface area contributed by atoms with Crippen LogP contribution < -0.4 is 10.1 Å². The van der Waals surface area contributed by atoms with E-state index >= 15 is 0 Å². The molecule has 1 amide bonds. The number of hydrogen-bond donors (Lipinski definition) is 1. The topological polar surface area (TPSA) is 81.5 Å². The minimum absolute atomic E-state index is 0.150. The zero-order chi connectivity index (χ0) is 21.5. The van der Waals surface area contributed by atoms with Crippen LogP contribution in [0.15, 0.2) is 72.8 Å². The van der Waals surface area contributed by atoms with Gasteiger partial charge in [-0.3, -0.25) is 14.9 Å². The Hall–Kier alpha value is -3.93. The molecule has 30 heavy (non-hydrogen) atoms. The first-order valence-electron chi connectivity index (χ1n) is 9.44. The summed E-state index contributed by atoms with van der Waals surface area (Å²) in [6.45, 7) is 4.09. The van der Waals surface area contributed by atoms with Crippen molar-refractivity contribution in [1.82, 2.24) is 0 Å². The van der Waals surface area contributed by atoms with E-state index < -0.39 is 4.92 Å². The molecule has 152 valence electrons. The number of anilines is 1. The van der Waals surface area contributed by atoms with Gasteiger partial charge in [-0.1, -0.05) is 48.5 Å². The highest BCUT2D eigenvalue weighted by molar-refractivity contribution is 6.02. The molecule has 0 saturated heterocycles. The van der Waals surface area contributed by atoms with E-state index in [1.807, 2.05) is 62.4 Å². The molecule has 0 aliphatic rings. The molecule has 0 heterocycles. The van der Waals surface area contributed by atoms with E-state index in [4.69, 9.17) is 4.74 Å². The van der Waals surface area contributed by atoms with Gasteiger partial charge in [-0.15, -0.1) is 0 Å². The highest BCUT2D eigenvalue weighted by Crippen LogP contribution is 2.29. The molecular formula is C24H22N2O4. The van der Waals surface area contributed by atoms with E-state index in [2.05, 4.69) is 5.32 Å². The monoisotopic (exact) mass is 402 g/mol. The predicted octanol–water partition coefficient (Wildman–Crippen LogP) is 5.44. The van der Waals surface area contributed by atoms with Gasteiger partial charge in [0, 0.05) is 17.8 Å². The summed E-state index contributed by atoms with van der Waals surface area (Å²) in [5.41, 5.74) is 4.03. The van der Waals surface area contributed by atoms with E-state index in [-0.39, 0.29) is 24.0 Å². The number of nitrogens with zero attached hydrogens (tertiary/aromatic N) is 1. The molecule has 0 saturated carbocycles. The van der Waals surface area contributed by atoms with E-state index in [0.29, 0.717) is 5.56 Å². The standard InChI is InChI=1S/C24H22N2O4/c1-17-8-9-18(2)21(14-17)25-24(27)13-11-19-10-12-23(22(15-19)26(28)29)30-16-20-6-4-3-5-7-20/h3-15H,16H2,1-2H3,(H,25,27). The summed E-state index contributed by atoms with van der Waals surface area (Å²) < 4.78 is 5.62. The number of rotatable bonds is 7. The number of hydrogen-bond acceptors (Lipinski definition) is 4. The minimum Gasteiger partial charge on any atom is -0.482 e. The average molecular weight is 402 g/mol. The van der Waals surface area contributed by atoms with Gasteiger partial charge in [-0.2, -0.15) is 0 Å². The summed E-state index contributed by atoms with van der Waals surface area (Å²) in [6, 6.07) is 19.8. The molecule has 0 aromatic heterocycles. The third-order valence-corrected chi connectivity index (χ3v) is 4.49. The van der Waals surface area contributed by atoms with Crippen LogP contribution in [0, 0.1) is 24.0 Å². The van der Waals surface area contributed by atoms with Gasteiger partial charge in [-0.25, -0.2) is 0 Å². The number of carbonyl (C=O) groups is 1. The Labute approximate surface area is 175 Å². The van der Waals surface area contributed by atoms with Gasteiger partial charge in [0.2, 0.25) is 5.91 Å². The molecule has 0 radical (unpaired) electrons. The molecule has 3 aromatic rings. The van der Waals surface area contributed by atoms with E-state index in [9.17, 15) is 14.9 Å². The van der Waals surface area contributed by atoms with Crippen LogP contribution in [0.25, 0.3) is 6.08 Å². The van der Waals surface area contributed by atoms with Gasteiger partial charge < -0.3 is 10.1 Å². The maximum Gasteiger partial charge on any atom is 0.311 e. The lowest BCUT2D eigenvalue weighted by molar-refractivity contribution is -0.386. The molecule has 0 spiro atoms. The molecule has 0 aliphatic carbocycles. The number of benzene rings is 3. The lowest BCUT2D eigenvalue weighted by Gasteiger charge is -2.08. The second kappa shape index (κ2) is 9.52. The van der Waals surface area contributed by atoms with Crippen molar-refractivity contribution < 1.29 is 14.5 Å². The van der Waals surface area contributed by atoms with Crippen LogP contribution in [0.4, 0.5) is 11.4 Å². The Balaban J connectivity index is 1.71. The van der Waals surface area contributed by atoms with Crippen molar-refractivity contribution in [1.29, 1.82) is 0 Å². The van der Waals surface area contributed by atoms with Crippen LogP contribution in [-0.2, 0) is 11.4 Å². The Morgan fingerprint density at radius 2 is 1.83 bits per heavy atom. The van der Waals surface area contributed by atoms with E-state index in [0.717, 1.165) is 22.4 Å². The van der Waals surface area contributed by atoms with Gasteiger partial charge in [-0.05, 0) is 54.3 Å². The summed E-state index contributed by atoms with van der Waals surface area (Å²) in [4.78, 5) is 23.2. The summed E-state index contributed by atoms with van der Waals surface area (Å²) in [5.74, 6) is -0.128. The Morgan fingerprint density at radius 1 is 1.07 bits per heavy atom. The second-order valence-corrected chi connectivity index (χ2v) is 6.90. The summed E-state index contributed by atoms with van der Waals surface area (Å²) >= 11 is 0. The van der Waals surface area contributed by atoms with Crippen LogP contribution in [0.2, 0.25) is 0 Å². The fourth-order valence-corrected chi connectivity index (χ4v) is 2.85.